The second-order valence-corrected chi connectivity index (χ2v) is 4.59. The van der Waals surface area contributed by atoms with Crippen LogP contribution in [0.25, 0.3) is 0 Å². The molecule has 4 nitrogen and oxygen atoms in total. The highest BCUT2D eigenvalue weighted by Crippen LogP contribution is 2.16. The van der Waals surface area contributed by atoms with Crippen LogP contribution in [-0.4, -0.2) is 17.6 Å². The molecule has 0 aliphatic heterocycles. The van der Waals surface area contributed by atoms with Crippen LogP contribution in [0.15, 0.2) is 16.6 Å². The highest BCUT2D eigenvalue weighted by Gasteiger charge is 2.01. The molecule has 5 heteroatoms. The zero-order valence-electron chi connectivity index (χ0n) is 9.57. The Morgan fingerprint density at radius 2 is 2.44 bits per heavy atom. The molecule has 1 aromatic heterocycles. The topological polar surface area (TPSA) is 70.6 Å². The Hall–Kier alpha value is -1.07. The molecule has 0 aromatic carbocycles. The van der Waals surface area contributed by atoms with Crippen molar-refractivity contribution in [3.05, 3.63) is 21.9 Å². The van der Waals surface area contributed by atoms with Crippen molar-refractivity contribution in [1.29, 1.82) is 0 Å². The summed E-state index contributed by atoms with van der Waals surface area (Å²) in [6.45, 7) is 3.97. The number of thiophene rings is 1. The highest BCUT2D eigenvalue weighted by molar-refractivity contribution is 7.10. The molecule has 16 heavy (non-hydrogen) atoms. The smallest absolute Gasteiger partial charge is 0.139 e. The van der Waals surface area contributed by atoms with Crippen LogP contribution in [0.4, 0.5) is 0 Å². The summed E-state index contributed by atoms with van der Waals surface area (Å²) in [6, 6.07) is 2.18. The summed E-state index contributed by atoms with van der Waals surface area (Å²) in [5.41, 5.74) is 6.79. The van der Waals surface area contributed by atoms with E-state index in [0.717, 1.165) is 25.9 Å². The maximum Gasteiger partial charge on any atom is 0.139 e. The molecule has 90 valence electrons. The quantitative estimate of drug-likeness (QED) is 0.224. The van der Waals surface area contributed by atoms with E-state index in [1.165, 1.54) is 10.4 Å². The van der Waals surface area contributed by atoms with Crippen molar-refractivity contribution in [2.45, 2.75) is 32.7 Å². The van der Waals surface area contributed by atoms with Gasteiger partial charge in [-0.2, -0.15) is 0 Å². The number of nitrogens with zero attached hydrogens (tertiary/aromatic N) is 1. The van der Waals surface area contributed by atoms with Crippen molar-refractivity contribution in [3.63, 3.8) is 0 Å². The van der Waals surface area contributed by atoms with Crippen LogP contribution in [0.2, 0.25) is 0 Å². The zero-order chi connectivity index (χ0) is 11.8. The van der Waals surface area contributed by atoms with Gasteiger partial charge in [-0.05, 0) is 36.4 Å². The summed E-state index contributed by atoms with van der Waals surface area (Å²) in [7, 11) is 0. The van der Waals surface area contributed by atoms with Crippen LogP contribution in [0.1, 0.15) is 30.2 Å². The molecule has 0 bridgehead atoms. The fraction of sp³-hybridized carbons (Fsp3) is 0.545. The summed E-state index contributed by atoms with van der Waals surface area (Å²) in [5.74, 6) is 0.298. The van der Waals surface area contributed by atoms with Crippen molar-refractivity contribution >= 4 is 17.2 Å². The molecular weight excluding hydrogens is 222 g/mol. The average molecular weight is 241 g/mol. The number of rotatable bonds is 7. The average Bonchev–Trinajstić information content (AvgIpc) is 2.75. The first-order valence-electron chi connectivity index (χ1n) is 5.50. The van der Waals surface area contributed by atoms with E-state index in [1.54, 1.807) is 11.3 Å². The third kappa shape index (κ3) is 4.20. The molecule has 0 fully saturated rings. The van der Waals surface area contributed by atoms with Gasteiger partial charge in [0.25, 0.3) is 0 Å². The summed E-state index contributed by atoms with van der Waals surface area (Å²) in [5, 5.41) is 16.8. The zero-order valence-corrected chi connectivity index (χ0v) is 10.4. The maximum atomic E-state index is 8.35. The number of aryl methyl sites for hydroxylation is 1. The summed E-state index contributed by atoms with van der Waals surface area (Å²) in [6.07, 6.45) is 2.61. The molecule has 4 N–H and O–H groups in total. The molecule has 0 atom stereocenters. The normalized spacial score (nSPS) is 11.9. The van der Waals surface area contributed by atoms with Gasteiger partial charge in [0, 0.05) is 17.8 Å². The lowest BCUT2D eigenvalue weighted by atomic mass is 10.2. The summed E-state index contributed by atoms with van der Waals surface area (Å²) >= 11 is 1.79. The van der Waals surface area contributed by atoms with E-state index in [0.29, 0.717) is 12.3 Å². The van der Waals surface area contributed by atoms with E-state index in [1.807, 2.05) is 0 Å². The Balaban J connectivity index is 2.16. The highest BCUT2D eigenvalue weighted by atomic mass is 32.1. The lowest BCUT2D eigenvalue weighted by Gasteiger charge is -2.04. The molecule has 0 unspecified atom stereocenters. The molecule has 0 radical (unpaired) electrons. The van der Waals surface area contributed by atoms with Gasteiger partial charge in [0.1, 0.15) is 5.84 Å². The van der Waals surface area contributed by atoms with Crippen LogP contribution in [0.3, 0.4) is 0 Å². The number of amidine groups is 1. The Kier molecular flexibility index (Phi) is 5.88. The molecule has 1 rings (SSSR count). The number of hydrogen-bond acceptors (Lipinski definition) is 4. The van der Waals surface area contributed by atoms with Gasteiger partial charge >= 0.3 is 0 Å². The minimum atomic E-state index is 0.298. The van der Waals surface area contributed by atoms with Crippen molar-refractivity contribution in [3.8, 4) is 0 Å². The Morgan fingerprint density at radius 3 is 3.12 bits per heavy atom. The molecular formula is C11H19N3OS. The first kappa shape index (κ1) is 13.0. The van der Waals surface area contributed by atoms with E-state index in [2.05, 4.69) is 28.8 Å². The van der Waals surface area contributed by atoms with E-state index < -0.39 is 0 Å². The van der Waals surface area contributed by atoms with Gasteiger partial charge in [0.2, 0.25) is 0 Å². The van der Waals surface area contributed by atoms with Gasteiger partial charge in [0.15, 0.2) is 0 Å². The van der Waals surface area contributed by atoms with E-state index >= 15 is 0 Å². The van der Waals surface area contributed by atoms with Gasteiger partial charge in [-0.25, -0.2) is 0 Å². The van der Waals surface area contributed by atoms with Crippen molar-refractivity contribution in [2.75, 3.05) is 6.54 Å². The molecule has 0 aliphatic carbocycles. The third-order valence-corrected chi connectivity index (χ3v) is 3.38. The third-order valence-electron chi connectivity index (χ3n) is 2.42. The van der Waals surface area contributed by atoms with Gasteiger partial charge < -0.3 is 16.3 Å². The van der Waals surface area contributed by atoms with Crippen molar-refractivity contribution in [2.24, 2.45) is 10.9 Å². The van der Waals surface area contributed by atoms with Crippen molar-refractivity contribution in [1.82, 2.24) is 5.32 Å². The number of nitrogens with two attached hydrogens (primary N) is 1. The predicted molar refractivity (Wildman–Crippen MR) is 68.0 cm³/mol. The lowest BCUT2D eigenvalue weighted by Crippen LogP contribution is -2.18. The molecule has 1 aromatic rings. The fourth-order valence-corrected chi connectivity index (χ4v) is 2.43. The maximum absolute atomic E-state index is 8.35. The van der Waals surface area contributed by atoms with Crippen LogP contribution in [-0.2, 0) is 13.0 Å². The molecule has 0 saturated carbocycles. The summed E-state index contributed by atoms with van der Waals surface area (Å²) < 4.78 is 0. The van der Waals surface area contributed by atoms with Crippen molar-refractivity contribution < 1.29 is 5.21 Å². The van der Waals surface area contributed by atoms with Gasteiger partial charge in [-0.1, -0.05) is 12.1 Å². The largest absolute Gasteiger partial charge is 0.409 e. The molecule has 0 saturated heterocycles. The van der Waals surface area contributed by atoms with Gasteiger partial charge in [0.05, 0.1) is 0 Å². The second kappa shape index (κ2) is 7.24. The number of oxime groups is 1. The van der Waals surface area contributed by atoms with E-state index in [-0.39, 0.29) is 0 Å². The Morgan fingerprint density at radius 1 is 1.62 bits per heavy atom. The minimum absolute atomic E-state index is 0.298. The van der Waals surface area contributed by atoms with Gasteiger partial charge in [-0.15, -0.1) is 11.3 Å². The van der Waals surface area contributed by atoms with Crippen LogP contribution in [0, 0.1) is 0 Å². The number of nitrogens with one attached hydrogen (secondary N) is 1. The van der Waals surface area contributed by atoms with E-state index in [9.17, 15) is 0 Å². The van der Waals surface area contributed by atoms with Crippen LogP contribution < -0.4 is 11.1 Å². The van der Waals surface area contributed by atoms with Crippen LogP contribution in [0.5, 0.6) is 0 Å². The molecule has 0 aliphatic rings. The second-order valence-electron chi connectivity index (χ2n) is 3.59. The standard InChI is InChI=1S/C11H19N3OS/c1-2-9-5-7-16-10(9)8-13-6-3-4-11(12)14-15/h5,7,13,15H,2-4,6,8H2,1H3,(H2,12,14). The SMILES string of the molecule is CCc1ccsc1CNCCCC(N)=NO. The summed E-state index contributed by atoms with van der Waals surface area (Å²) in [4.78, 5) is 1.41. The number of hydrogen-bond donors (Lipinski definition) is 3. The fourth-order valence-electron chi connectivity index (χ4n) is 1.48. The van der Waals surface area contributed by atoms with Crippen LogP contribution >= 0.6 is 11.3 Å². The predicted octanol–water partition coefficient (Wildman–Crippen LogP) is 1.93. The van der Waals surface area contributed by atoms with E-state index in [4.69, 9.17) is 10.9 Å². The lowest BCUT2D eigenvalue weighted by molar-refractivity contribution is 0.316. The first-order valence-corrected chi connectivity index (χ1v) is 6.38. The minimum Gasteiger partial charge on any atom is -0.409 e. The van der Waals surface area contributed by atoms with Gasteiger partial charge in [-0.3, -0.25) is 0 Å². The monoisotopic (exact) mass is 241 g/mol. The molecule has 1 heterocycles. The molecule has 0 amide bonds. The Labute approximate surface area is 100 Å². The Bertz CT molecular complexity index is 336. The first-order chi connectivity index (χ1) is 7.77. The molecule has 0 spiro atoms.